The van der Waals surface area contributed by atoms with Crippen LogP contribution in [0.2, 0.25) is 0 Å². The van der Waals surface area contributed by atoms with Gasteiger partial charge in [0.05, 0.1) is 17.8 Å². The second-order valence-electron chi connectivity index (χ2n) is 10.6. The molecule has 0 saturated heterocycles. The second-order valence-corrected chi connectivity index (χ2v) is 10.6. The number of aromatic nitrogens is 2. The molecule has 0 spiro atoms. The standard InChI is InChI=1S/C26H32N2O/c1-25-12-10-18(29)15-17(25)6-7-19-21-8-9-22(26(21,2)13-11-23(19)25)20-16-27-28-14-4-3-5-24(20)28/h3-6,9,14,16,18-19,21,23,29H,7-8,10-13,15H2,1-2H3/t18-,19-,21-,23-,25-,26-/m0/s1. The smallest absolute Gasteiger partial charge is 0.0736 e. The van der Waals surface area contributed by atoms with Crippen LogP contribution in [-0.4, -0.2) is 20.8 Å². The van der Waals surface area contributed by atoms with Crippen molar-refractivity contribution >= 4 is 11.1 Å². The van der Waals surface area contributed by atoms with Gasteiger partial charge in [-0.1, -0.05) is 37.6 Å². The van der Waals surface area contributed by atoms with Crippen molar-refractivity contribution in [2.24, 2.45) is 28.6 Å². The quantitative estimate of drug-likeness (QED) is 0.641. The summed E-state index contributed by atoms with van der Waals surface area (Å²) < 4.78 is 2.02. The topological polar surface area (TPSA) is 37.5 Å². The van der Waals surface area contributed by atoms with Crippen LogP contribution >= 0.6 is 0 Å². The SMILES string of the molecule is C[C@]12CC[C@H](O)CC1=CC[C@@H]1[C@@H]2CC[C@]2(C)C(c3cnn4ccccc34)=CC[C@@H]12. The van der Waals surface area contributed by atoms with E-state index >= 15 is 0 Å². The van der Waals surface area contributed by atoms with Gasteiger partial charge in [0.1, 0.15) is 0 Å². The van der Waals surface area contributed by atoms with Gasteiger partial charge in [-0.2, -0.15) is 5.10 Å². The Bertz CT molecular complexity index is 1030. The summed E-state index contributed by atoms with van der Waals surface area (Å²) in [4.78, 5) is 0. The molecular weight excluding hydrogens is 356 g/mol. The van der Waals surface area contributed by atoms with Gasteiger partial charge in [0.15, 0.2) is 0 Å². The van der Waals surface area contributed by atoms with Crippen LogP contribution in [-0.2, 0) is 0 Å². The average Bonchev–Trinajstić information content (AvgIpc) is 3.29. The maximum atomic E-state index is 10.2. The number of aliphatic hydroxyl groups excluding tert-OH is 1. The lowest BCUT2D eigenvalue weighted by atomic mass is 9.47. The number of pyridine rings is 1. The predicted molar refractivity (Wildman–Crippen MR) is 116 cm³/mol. The lowest BCUT2D eigenvalue weighted by Gasteiger charge is -2.57. The van der Waals surface area contributed by atoms with Gasteiger partial charge >= 0.3 is 0 Å². The van der Waals surface area contributed by atoms with Gasteiger partial charge in [-0.25, -0.2) is 4.52 Å². The lowest BCUT2D eigenvalue weighted by Crippen LogP contribution is -2.49. The molecule has 0 amide bonds. The van der Waals surface area contributed by atoms with Crippen LogP contribution in [0, 0.1) is 28.6 Å². The van der Waals surface area contributed by atoms with E-state index in [0.717, 1.165) is 30.6 Å². The van der Waals surface area contributed by atoms with E-state index < -0.39 is 0 Å². The minimum Gasteiger partial charge on any atom is -0.393 e. The van der Waals surface area contributed by atoms with Gasteiger partial charge in [-0.3, -0.25) is 0 Å². The number of allylic oxidation sites excluding steroid dienone is 3. The maximum Gasteiger partial charge on any atom is 0.0736 e. The highest BCUT2D eigenvalue weighted by Gasteiger charge is 2.56. The monoisotopic (exact) mass is 388 g/mol. The molecule has 0 radical (unpaired) electrons. The van der Waals surface area contributed by atoms with Crippen molar-refractivity contribution in [2.75, 3.05) is 0 Å². The molecule has 29 heavy (non-hydrogen) atoms. The molecule has 2 aromatic heterocycles. The fourth-order valence-corrected chi connectivity index (χ4v) is 7.77. The Morgan fingerprint density at radius 1 is 1.03 bits per heavy atom. The molecule has 3 nitrogen and oxygen atoms in total. The number of aliphatic hydroxyl groups is 1. The summed E-state index contributed by atoms with van der Waals surface area (Å²) >= 11 is 0. The summed E-state index contributed by atoms with van der Waals surface area (Å²) in [7, 11) is 0. The number of hydrogen-bond donors (Lipinski definition) is 1. The average molecular weight is 389 g/mol. The molecule has 152 valence electrons. The molecule has 0 aromatic carbocycles. The number of rotatable bonds is 1. The first-order valence-corrected chi connectivity index (χ1v) is 11.5. The summed E-state index contributed by atoms with van der Waals surface area (Å²) in [5.41, 5.74) is 6.26. The van der Waals surface area contributed by atoms with Crippen LogP contribution in [0.3, 0.4) is 0 Å². The van der Waals surface area contributed by atoms with E-state index in [1.807, 2.05) is 4.52 Å². The van der Waals surface area contributed by atoms with E-state index in [1.54, 1.807) is 11.1 Å². The zero-order valence-electron chi connectivity index (χ0n) is 17.6. The third-order valence-corrected chi connectivity index (χ3v) is 9.38. The highest BCUT2D eigenvalue weighted by Crippen LogP contribution is 2.66. The summed E-state index contributed by atoms with van der Waals surface area (Å²) in [6.07, 6.45) is 17.2. The predicted octanol–water partition coefficient (Wildman–Crippen LogP) is 5.65. The van der Waals surface area contributed by atoms with E-state index in [9.17, 15) is 5.11 Å². The molecular formula is C26H32N2O. The Morgan fingerprint density at radius 2 is 1.90 bits per heavy atom. The zero-order valence-corrected chi connectivity index (χ0v) is 17.6. The molecule has 0 aliphatic heterocycles. The largest absolute Gasteiger partial charge is 0.393 e. The van der Waals surface area contributed by atoms with Crippen molar-refractivity contribution in [3.63, 3.8) is 0 Å². The van der Waals surface area contributed by atoms with E-state index in [0.29, 0.717) is 5.41 Å². The van der Waals surface area contributed by atoms with Gasteiger partial charge in [-0.15, -0.1) is 0 Å². The molecule has 0 bridgehead atoms. The van der Waals surface area contributed by atoms with Gasteiger partial charge < -0.3 is 5.11 Å². The van der Waals surface area contributed by atoms with E-state index in [4.69, 9.17) is 0 Å². The summed E-state index contributed by atoms with van der Waals surface area (Å²) in [6.45, 7) is 5.05. The molecule has 6 rings (SSSR count). The molecule has 2 aromatic rings. The Hall–Kier alpha value is -1.87. The Labute approximate surface area is 173 Å². The molecule has 0 unspecified atom stereocenters. The molecule has 6 atom stereocenters. The van der Waals surface area contributed by atoms with Gasteiger partial charge in [0.25, 0.3) is 0 Å². The summed E-state index contributed by atoms with van der Waals surface area (Å²) in [5.74, 6) is 2.29. The first kappa shape index (κ1) is 17.9. The molecule has 4 aliphatic carbocycles. The molecule has 2 fully saturated rings. The van der Waals surface area contributed by atoms with E-state index in [1.165, 1.54) is 43.2 Å². The van der Waals surface area contributed by atoms with Crippen molar-refractivity contribution in [1.82, 2.24) is 9.61 Å². The minimum atomic E-state index is -0.116. The molecule has 2 heterocycles. The molecule has 1 N–H and O–H groups in total. The Morgan fingerprint density at radius 3 is 2.79 bits per heavy atom. The third kappa shape index (κ3) is 2.37. The van der Waals surface area contributed by atoms with E-state index in [2.05, 4.69) is 61.7 Å². The van der Waals surface area contributed by atoms with Crippen molar-refractivity contribution in [2.45, 2.75) is 64.9 Å². The van der Waals surface area contributed by atoms with Crippen LogP contribution < -0.4 is 0 Å². The first-order chi connectivity index (χ1) is 14.0. The maximum absolute atomic E-state index is 10.2. The molecule has 3 heteroatoms. The van der Waals surface area contributed by atoms with Crippen molar-refractivity contribution in [3.05, 3.63) is 53.9 Å². The van der Waals surface area contributed by atoms with Gasteiger partial charge in [-0.05, 0) is 91.2 Å². The second kappa shape index (κ2) is 6.07. The highest BCUT2D eigenvalue weighted by molar-refractivity contribution is 5.82. The van der Waals surface area contributed by atoms with Crippen molar-refractivity contribution in [1.29, 1.82) is 0 Å². The molecule has 2 saturated carbocycles. The lowest BCUT2D eigenvalue weighted by molar-refractivity contribution is -0.0237. The van der Waals surface area contributed by atoms with Crippen LogP contribution in [0.1, 0.15) is 64.4 Å². The van der Waals surface area contributed by atoms with Gasteiger partial charge in [0, 0.05) is 11.8 Å². The fraction of sp³-hybridized carbons (Fsp3) is 0.577. The Balaban J connectivity index is 1.36. The molecule has 4 aliphatic rings. The van der Waals surface area contributed by atoms with Crippen LogP contribution in [0.5, 0.6) is 0 Å². The zero-order chi connectivity index (χ0) is 19.8. The number of fused-ring (bicyclic) bond motifs is 6. The van der Waals surface area contributed by atoms with E-state index in [-0.39, 0.29) is 11.5 Å². The Kier molecular flexibility index (Phi) is 3.76. The first-order valence-electron chi connectivity index (χ1n) is 11.5. The minimum absolute atomic E-state index is 0.116. The van der Waals surface area contributed by atoms with Crippen LogP contribution in [0.25, 0.3) is 11.1 Å². The fourth-order valence-electron chi connectivity index (χ4n) is 7.77. The highest BCUT2D eigenvalue weighted by atomic mass is 16.3. The van der Waals surface area contributed by atoms with Crippen LogP contribution in [0.4, 0.5) is 0 Å². The van der Waals surface area contributed by atoms with Crippen molar-refractivity contribution < 1.29 is 5.11 Å². The van der Waals surface area contributed by atoms with Crippen molar-refractivity contribution in [3.8, 4) is 0 Å². The van der Waals surface area contributed by atoms with Gasteiger partial charge in [0.2, 0.25) is 0 Å². The van der Waals surface area contributed by atoms with Crippen LogP contribution in [0.15, 0.2) is 48.3 Å². The summed E-state index contributed by atoms with van der Waals surface area (Å²) in [5, 5.41) is 14.8. The summed E-state index contributed by atoms with van der Waals surface area (Å²) in [6, 6.07) is 6.38. The number of nitrogens with zero attached hydrogens (tertiary/aromatic N) is 2. The number of hydrogen-bond acceptors (Lipinski definition) is 2. The third-order valence-electron chi connectivity index (χ3n) is 9.38. The normalized spacial score (nSPS) is 41.3.